The van der Waals surface area contributed by atoms with E-state index >= 15 is 0 Å². The Balaban J connectivity index is 1.64. The van der Waals surface area contributed by atoms with Gasteiger partial charge in [-0.05, 0) is 31.9 Å². The lowest BCUT2D eigenvalue weighted by Crippen LogP contribution is -2.46. The molecule has 128 valence electrons. The monoisotopic (exact) mass is 326 g/mol. The normalized spacial score (nSPS) is 18.4. The summed E-state index contributed by atoms with van der Waals surface area (Å²) in [4.78, 5) is 13.6. The van der Waals surface area contributed by atoms with Crippen LogP contribution in [0.4, 0.5) is 5.95 Å². The maximum absolute atomic E-state index is 5.21. The van der Waals surface area contributed by atoms with Crippen LogP contribution in [-0.4, -0.2) is 48.2 Å². The van der Waals surface area contributed by atoms with Gasteiger partial charge in [-0.3, -0.25) is 4.90 Å². The Kier molecular flexibility index (Phi) is 5.30. The first-order valence-electron chi connectivity index (χ1n) is 8.53. The highest BCUT2D eigenvalue weighted by Gasteiger charge is 2.25. The second kappa shape index (κ2) is 7.62. The fraction of sp³-hybridized carbons (Fsp3) is 0.474. The third kappa shape index (κ3) is 4.03. The first kappa shape index (κ1) is 16.7. The van der Waals surface area contributed by atoms with Gasteiger partial charge in [-0.1, -0.05) is 29.8 Å². The summed E-state index contributed by atoms with van der Waals surface area (Å²) in [5.74, 6) is 1.34. The Hall–Kier alpha value is -2.14. The van der Waals surface area contributed by atoms with Crippen molar-refractivity contribution < 1.29 is 4.74 Å². The highest BCUT2D eigenvalue weighted by molar-refractivity contribution is 5.32. The van der Waals surface area contributed by atoms with Crippen LogP contribution in [-0.2, 0) is 6.54 Å². The Morgan fingerprint density at radius 2 is 2.04 bits per heavy atom. The largest absolute Gasteiger partial charge is 0.481 e. The Morgan fingerprint density at radius 1 is 1.25 bits per heavy atom. The van der Waals surface area contributed by atoms with Crippen LogP contribution in [0.2, 0.25) is 0 Å². The van der Waals surface area contributed by atoms with Gasteiger partial charge in [-0.25, -0.2) is 4.98 Å². The van der Waals surface area contributed by atoms with Gasteiger partial charge in [0.15, 0.2) is 0 Å². The maximum Gasteiger partial charge on any atom is 0.228 e. The average Bonchev–Trinajstić information content (AvgIpc) is 2.63. The van der Waals surface area contributed by atoms with Gasteiger partial charge in [-0.2, -0.15) is 4.98 Å². The van der Waals surface area contributed by atoms with Crippen molar-refractivity contribution in [1.82, 2.24) is 14.9 Å². The number of methoxy groups -OCH3 is 1. The van der Waals surface area contributed by atoms with Crippen molar-refractivity contribution >= 4 is 5.95 Å². The minimum atomic E-state index is 0.427. The summed E-state index contributed by atoms with van der Waals surface area (Å²) < 4.78 is 5.21. The number of likely N-dealkylation sites (tertiary alicyclic amines) is 1. The number of rotatable bonds is 5. The molecule has 24 heavy (non-hydrogen) atoms. The summed E-state index contributed by atoms with van der Waals surface area (Å²) in [5.41, 5.74) is 2.69. The number of hydrogen-bond acceptors (Lipinski definition) is 5. The summed E-state index contributed by atoms with van der Waals surface area (Å²) >= 11 is 0. The van der Waals surface area contributed by atoms with Gasteiger partial charge in [0, 0.05) is 38.4 Å². The zero-order chi connectivity index (χ0) is 16.9. The second-order valence-electron chi connectivity index (χ2n) is 6.53. The summed E-state index contributed by atoms with van der Waals surface area (Å²) in [7, 11) is 3.71. The topological polar surface area (TPSA) is 41.5 Å². The number of benzene rings is 1. The third-order valence-electron chi connectivity index (χ3n) is 4.70. The van der Waals surface area contributed by atoms with Crippen molar-refractivity contribution in [1.29, 1.82) is 0 Å². The third-order valence-corrected chi connectivity index (χ3v) is 4.70. The molecule has 0 radical (unpaired) electrons. The molecule has 0 N–H and O–H groups in total. The number of likely N-dealkylation sites (N-methyl/N-ethyl adjacent to an activating group) is 1. The molecule has 1 fully saturated rings. The van der Waals surface area contributed by atoms with Gasteiger partial charge in [0.25, 0.3) is 0 Å². The van der Waals surface area contributed by atoms with E-state index < -0.39 is 0 Å². The highest BCUT2D eigenvalue weighted by atomic mass is 16.5. The molecule has 1 unspecified atom stereocenters. The first-order valence-corrected chi connectivity index (χ1v) is 8.53. The van der Waals surface area contributed by atoms with Crippen LogP contribution < -0.4 is 9.64 Å². The summed E-state index contributed by atoms with van der Waals surface area (Å²) in [6.45, 7) is 5.31. The van der Waals surface area contributed by atoms with Gasteiger partial charge in [0.2, 0.25) is 11.8 Å². The number of ether oxygens (including phenoxy) is 1. The molecule has 2 heterocycles. The fourth-order valence-electron chi connectivity index (χ4n) is 3.22. The van der Waals surface area contributed by atoms with E-state index in [1.807, 2.05) is 0 Å². The SMILES string of the molecule is COc1ccnc(N(C)C2CCCN(Cc3ccc(C)cc3)C2)n1. The molecule has 1 aromatic heterocycles. The Morgan fingerprint density at radius 3 is 2.79 bits per heavy atom. The number of hydrogen-bond donors (Lipinski definition) is 0. The van der Waals surface area contributed by atoms with Gasteiger partial charge in [0.05, 0.1) is 7.11 Å². The second-order valence-corrected chi connectivity index (χ2v) is 6.53. The van der Waals surface area contributed by atoms with Crippen LogP contribution >= 0.6 is 0 Å². The van der Waals surface area contributed by atoms with E-state index in [2.05, 4.69) is 58.0 Å². The molecule has 1 saturated heterocycles. The quantitative estimate of drug-likeness (QED) is 0.845. The van der Waals surface area contributed by atoms with E-state index in [-0.39, 0.29) is 0 Å². The summed E-state index contributed by atoms with van der Waals surface area (Å²) in [6.07, 6.45) is 4.12. The zero-order valence-corrected chi connectivity index (χ0v) is 14.8. The average molecular weight is 326 g/mol. The van der Waals surface area contributed by atoms with Crippen LogP contribution in [0.5, 0.6) is 5.88 Å². The molecule has 0 saturated carbocycles. The lowest BCUT2D eigenvalue weighted by atomic mass is 10.0. The molecule has 1 atom stereocenters. The van der Waals surface area contributed by atoms with E-state index in [4.69, 9.17) is 4.74 Å². The van der Waals surface area contributed by atoms with Gasteiger partial charge >= 0.3 is 0 Å². The minimum absolute atomic E-state index is 0.427. The van der Waals surface area contributed by atoms with Crippen molar-refractivity contribution in [3.63, 3.8) is 0 Å². The summed E-state index contributed by atoms with van der Waals surface area (Å²) in [5, 5.41) is 0. The Bertz CT molecular complexity index is 659. The molecular formula is C19H26N4O. The molecule has 5 nitrogen and oxygen atoms in total. The van der Waals surface area contributed by atoms with E-state index in [9.17, 15) is 0 Å². The van der Waals surface area contributed by atoms with Crippen molar-refractivity contribution in [3.8, 4) is 5.88 Å². The molecule has 1 aromatic carbocycles. The molecule has 2 aromatic rings. The van der Waals surface area contributed by atoms with Crippen LogP contribution in [0.1, 0.15) is 24.0 Å². The number of nitrogens with zero attached hydrogens (tertiary/aromatic N) is 4. The standard InChI is InChI=1S/C19H26N4O/c1-15-6-8-16(9-7-15)13-23-12-4-5-17(14-23)22(2)19-20-11-10-18(21-19)24-3/h6-11,17H,4-5,12-14H2,1-3H3. The number of anilines is 1. The maximum atomic E-state index is 5.21. The van der Waals surface area contributed by atoms with Gasteiger partial charge < -0.3 is 9.64 Å². The number of aryl methyl sites for hydroxylation is 1. The lowest BCUT2D eigenvalue weighted by Gasteiger charge is -2.37. The van der Waals surface area contributed by atoms with Crippen molar-refractivity contribution in [3.05, 3.63) is 47.7 Å². The molecule has 5 heteroatoms. The highest BCUT2D eigenvalue weighted by Crippen LogP contribution is 2.21. The molecule has 1 aliphatic rings. The van der Waals surface area contributed by atoms with Crippen LogP contribution in [0, 0.1) is 6.92 Å². The molecule has 0 aliphatic carbocycles. The molecule has 3 rings (SSSR count). The number of piperidine rings is 1. The van der Waals surface area contributed by atoms with E-state index in [1.54, 1.807) is 19.4 Å². The molecular weight excluding hydrogens is 300 g/mol. The Labute approximate surface area is 144 Å². The van der Waals surface area contributed by atoms with Crippen molar-refractivity contribution in [2.75, 3.05) is 32.1 Å². The van der Waals surface area contributed by atoms with Crippen molar-refractivity contribution in [2.24, 2.45) is 0 Å². The van der Waals surface area contributed by atoms with Crippen LogP contribution in [0.15, 0.2) is 36.5 Å². The fourth-order valence-corrected chi connectivity index (χ4v) is 3.22. The number of aromatic nitrogens is 2. The predicted molar refractivity (Wildman–Crippen MR) is 96.5 cm³/mol. The predicted octanol–water partition coefficient (Wildman–Crippen LogP) is 2.89. The summed E-state index contributed by atoms with van der Waals surface area (Å²) in [6, 6.07) is 11.0. The molecule has 0 amide bonds. The van der Waals surface area contributed by atoms with E-state index in [0.29, 0.717) is 11.9 Å². The lowest BCUT2D eigenvalue weighted by molar-refractivity contribution is 0.198. The molecule has 0 spiro atoms. The zero-order valence-electron chi connectivity index (χ0n) is 14.8. The van der Waals surface area contributed by atoms with Crippen LogP contribution in [0.25, 0.3) is 0 Å². The minimum Gasteiger partial charge on any atom is -0.481 e. The van der Waals surface area contributed by atoms with Crippen molar-refractivity contribution in [2.45, 2.75) is 32.4 Å². The molecule has 1 aliphatic heterocycles. The van der Waals surface area contributed by atoms with E-state index in [1.165, 1.54) is 24.0 Å². The molecule has 0 bridgehead atoms. The van der Waals surface area contributed by atoms with Gasteiger partial charge in [-0.15, -0.1) is 0 Å². The smallest absolute Gasteiger partial charge is 0.228 e. The van der Waals surface area contributed by atoms with E-state index in [0.717, 1.165) is 25.6 Å². The first-order chi connectivity index (χ1) is 11.7. The van der Waals surface area contributed by atoms with Crippen LogP contribution in [0.3, 0.4) is 0 Å². The van der Waals surface area contributed by atoms with Gasteiger partial charge in [0.1, 0.15) is 0 Å².